The molecule has 9 aromatic carbocycles. The minimum absolute atomic E-state index is 0.0167. The maximum Gasteiger partial charge on any atom is 0.0547 e. The highest BCUT2D eigenvalue weighted by atomic mass is 15.0. The zero-order chi connectivity index (χ0) is 45.4. The van der Waals surface area contributed by atoms with Crippen molar-refractivity contribution in [2.24, 2.45) is 0 Å². The van der Waals surface area contributed by atoms with Crippen LogP contribution in [0.1, 0.15) is 96.0 Å². The Labute approximate surface area is 390 Å². The summed E-state index contributed by atoms with van der Waals surface area (Å²) < 4.78 is 2.45. The Morgan fingerprint density at radius 1 is 0.394 bits per heavy atom. The molecule has 0 fully saturated rings. The smallest absolute Gasteiger partial charge is 0.0547 e. The van der Waals surface area contributed by atoms with Gasteiger partial charge in [0, 0.05) is 22.4 Å². The van der Waals surface area contributed by atoms with E-state index in [1.807, 2.05) is 0 Å². The van der Waals surface area contributed by atoms with Gasteiger partial charge in [-0.3, -0.25) is 0 Å². The molecule has 1 atom stereocenters. The first-order chi connectivity index (χ1) is 31.6. The molecule has 0 saturated heterocycles. The molecule has 0 amide bonds. The van der Waals surface area contributed by atoms with Gasteiger partial charge in [0.2, 0.25) is 0 Å². The molecule has 322 valence electrons. The predicted molar refractivity (Wildman–Crippen MR) is 284 cm³/mol. The van der Waals surface area contributed by atoms with E-state index in [9.17, 15) is 0 Å². The van der Waals surface area contributed by atoms with Gasteiger partial charge in [0.05, 0.1) is 11.0 Å². The first-order valence-electron chi connectivity index (χ1n) is 23.9. The van der Waals surface area contributed by atoms with Gasteiger partial charge in [-0.1, -0.05) is 190 Å². The van der Waals surface area contributed by atoms with Crippen LogP contribution in [0.25, 0.3) is 99.1 Å². The van der Waals surface area contributed by atoms with E-state index in [2.05, 4.69) is 243 Å². The van der Waals surface area contributed by atoms with Gasteiger partial charge in [-0.05, 0) is 164 Å². The van der Waals surface area contributed by atoms with Crippen LogP contribution < -0.4 is 0 Å². The summed E-state index contributed by atoms with van der Waals surface area (Å²) in [6.07, 6.45) is 2.55. The van der Waals surface area contributed by atoms with E-state index in [1.54, 1.807) is 0 Å². The topological polar surface area (TPSA) is 4.93 Å². The number of aromatic nitrogens is 1. The second-order valence-electron chi connectivity index (χ2n) is 22.2. The van der Waals surface area contributed by atoms with Crippen LogP contribution in [0.3, 0.4) is 0 Å². The monoisotopic (exact) mass is 851 g/mol. The zero-order valence-corrected chi connectivity index (χ0v) is 39.8. The summed E-state index contributed by atoms with van der Waals surface area (Å²) in [7, 11) is 0. The van der Waals surface area contributed by atoms with E-state index in [-0.39, 0.29) is 16.2 Å². The highest BCUT2D eigenvalue weighted by molar-refractivity contribution is 6.30. The molecule has 2 aliphatic carbocycles. The number of allylic oxidation sites excluding steroid dienone is 2. The number of hydrogen-bond donors (Lipinski definition) is 0. The fourth-order valence-electron chi connectivity index (χ4n) is 11.1. The third kappa shape index (κ3) is 6.34. The molecular formula is C65H57N. The van der Waals surface area contributed by atoms with Gasteiger partial charge >= 0.3 is 0 Å². The van der Waals surface area contributed by atoms with Crippen molar-refractivity contribution in [3.63, 3.8) is 0 Å². The summed E-state index contributed by atoms with van der Waals surface area (Å²) in [5.41, 5.74) is 22.6. The van der Waals surface area contributed by atoms with Crippen molar-refractivity contribution in [3.05, 3.63) is 204 Å². The van der Waals surface area contributed by atoms with Gasteiger partial charge in [0.1, 0.15) is 0 Å². The Morgan fingerprint density at radius 3 is 1.71 bits per heavy atom. The molecule has 1 unspecified atom stereocenters. The Morgan fingerprint density at radius 2 is 1.00 bits per heavy atom. The third-order valence-corrected chi connectivity index (χ3v) is 14.7. The lowest BCUT2D eigenvalue weighted by Gasteiger charge is -2.34. The number of nitrogens with zero attached hydrogens (tertiary/aromatic N) is 1. The highest BCUT2D eigenvalue weighted by Gasteiger charge is 2.42. The van der Waals surface area contributed by atoms with Crippen LogP contribution in [0.15, 0.2) is 176 Å². The summed E-state index contributed by atoms with van der Waals surface area (Å²) in [5, 5.41) is 7.67. The molecule has 66 heavy (non-hydrogen) atoms. The molecule has 0 bridgehead atoms. The molecule has 10 aromatic rings. The minimum Gasteiger partial charge on any atom is -0.309 e. The number of fused-ring (bicyclic) bond motifs is 13. The van der Waals surface area contributed by atoms with Gasteiger partial charge in [-0.25, -0.2) is 0 Å². The van der Waals surface area contributed by atoms with Crippen molar-refractivity contribution in [3.8, 4) is 50.2 Å². The Bertz CT molecular complexity index is 3650. The second-order valence-corrected chi connectivity index (χ2v) is 22.2. The van der Waals surface area contributed by atoms with Crippen LogP contribution in [0, 0.1) is 0 Å². The number of para-hydroxylation sites is 2. The lowest BCUT2D eigenvalue weighted by molar-refractivity contribution is 0.564. The SMILES string of the molecule is CC(C)(C)c1cc(-c2ccc3c(-c4ccc(-c5ccccc5)cc4)cc4ccc5c(c6ccccc6n5-c5ccccc5)c4c3c2)c2c(c1)-c1cc(C(C)(C)C)cc(C(C)(C)C)c1C1C=C21. The molecule has 0 saturated carbocycles. The average molecular weight is 852 g/mol. The number of rotatable bonds is 4. The van der Waals surface area contributed by atoms with Gasteiger partial charge in [-0.2, -0.15) is 0 Å². The van der Waals surface area contributed by atoms with Gasteiger partial charge < -0.3 is 4.57 Å². The Kier molecular flexibility index (Phi) is 8.77. The predicted octanol–water partition coefficient (Wildman–Crippen LogP) is 18.1. The van der Waals surface area contributed by atoms with Crippen LogP contribution in [0.2, 0.25) is 0 Å². The second kappa shape index (κ2) is 14.3. The normalized spacial score (nSPS) is 14.7. The maximum atomic E-state index is 2.55. The van der Waals surface area contributed by atoms with E-state index < -0.39 is 0 Å². The lowest BCUT2D eigenvalue weighted by atomic mass is 9.70. The molecule has 1 heterocycles. The Hall–Kier alpha value is -6.96. The van der Waals surface area contributed by atoms with Crippen LogP contribution in [-0.4, -0.2) is 4.57 Å². The number of hydrogen-bond acceptors (Lipinski definition) is 0. The molecule has 12 rings (SSSR count). The molecule has 0 N–H and O–H groups in total. The first kappa shape index (κ1) is 40.5. The summed E-state index contributed by atoms with van der Waals surface area (Å²) >= 11 is 0. The van der Waals surface area contributed by atoms with Crippen molar-refractivity contribution in [2.45, 2.75) is 84.5 Å². The van der Waals surface area contributed by atoms with Crippen LogP contribution >= 0.6 is 0 Å². The van der Waals surface area contributed by atoms with E-state index in [0.717, 1.165) is 0 Å². The van der Waals surface area contributed by atoms with Crippen LogP contribution in [0.5, 0.6) is 0 Å². The third-order valence-electron chi connectivity index (χ3n) is 14.7. The minimum atomic E-state index is -0.0543. The van der Waals surface area contributed by atoms with Crippen molar-refractivity contribution in [1.82, 2.24) is 4.57 Å². The highest BCUT2D eigenvalue weighted by Crippen LogP contribution is 2.61. The van der Waals surface area contributed by atoms with Crippen molar-refractivity contribution >= 4 is 48.9 Å². The fraction of sp³-hybridized carbons (Fsp3) is 0.200. The molecule has 2 aliphatic rings. The maximum absolute atomic E-state index is 2.55. The van der Waals surface area contributed by atoms with Crippen LogP contribution in [0.4, 0.5) is 0 Å². The lowest BCUT2D eigenvalue weighted by Crippen LogP contribution is -2.21. The molecule has 1 heteroatoms. The van der Waals surface area contributed by atoms with Crippen LogP contribution in [-0.2, 0) is 16.2 Å². The summed E-state index contributed by atoms with van der Waals surface area (Å²) in [4.78, 5) is 0. The number of benzene rings is 9. The molecule has 0 spiro atoms. The van der Waals surface area contributed by atoms with Crippen molar-refractivity contribution in [2.75, 3.05) is 0 Å². The van der Waals surface area contributed by atoms with E-state index >= 15 is 0 Å². The standard InChI is InChI=1S/C65H57N/c1-63(2,3)44-34-50(60-52(35-44)53-36-45(64(4,5)6)37-56(65(7,8)9)61(53)55-38-54(55)60)42-28-30-47-49(41-26-24-40(25-27-41)39-18-12-10-13-19-39)33-43-29-31-58-62(59(43)51(47)32-42)48-22-16-17-23-57(48)66(58)46-20-14-11-15-21-46/h10-38,55H,1-9H3. The van der Waals surface area contributed by atoms with Gasteiger partial charge in [0.15, 0.2) is 0 Å². The average Bonchev–Trinajstić information content (AvgIpc) is 4.05. The molecule has 0 radical (unpaired) electrons. The molecular weight excluding hydrogens is 795 g/mol. The van der Waals surface area contributed by atoms with Gasteiger partial charge in [-0.15, -0.1) is 0 Å². The molecule has 1 nitrogen and oxygen atoms in total. The van der Waals surface area contributed by atoms with Crippen molar-refractivity contribution < 1.29 is 0 Å². The zero-order valence-electron chi connectivity index (χ0n) is 39.8. The van der Waals surface area contributed by atoms with Crippen molar-refractivity contribution in [1.29, 1.82) is 0 Å². The molecule has 1 aromatic heterocycles. The Balaban J connectivity index is 1.17. The van der Waals surface area contributed by atoms with Gasteiger partial charge in [0.25, 0.3) is 0 Å². The fourth-order valence-corrected chi connectivity index (χ4v) is 11.1. The van der Waals surface area contributed by atoms with E-state index in [1.165, 1.54) is 127 Å². The largest absolute Gasteiger partial charge is 0.309 e. The summed E-state index contributed by atoms with van der Waals surface area (Å²) in [6.45, 7) is 21.4. The molecule has 0 aliphatic heterocycles. The van der Waals surface area contributed by atoms with E-state index in [0.29, 0.717) is 5.92 Å². The first-order valence-corrected chi connectivity index (χ1v) is 23.9. The quantitative estimate of drug-likeness (QED) is 0.156. The van der Waals surface area contributed by atoms with E-state index in [4.69, 9.17) is 0 Å². The summed E-state index contributed by atoms with van der Waals surface area (Å²) in [6, 6.07) is 64.4. The summed E-state index contributed by atoms with van der Waals surface area (Å²) in [5.74, 6) is 0.338.